The van der Waals surface area contributed by atoms with Gasteiger partial charge >= 0.3 is 0 Å². The van der Waals surface area contributed by atoms with E-state index in [-0.39, 0.29) is 41.2 Å². The Hall–Kier alpha value is -3.98. The summed E-state index contributed by atoms with van der Waals surface area (Å²) >= 11 is 0. The van der Waals surface area contributed by atoms with E-state index in [1.807, 2.05) is 16.7 Å². The number of nitrogens with one attached hydrogen (secondary N) is 1. The number of anilines is 1. The lowest BCUT2D eigenvalue weighted by Crippen LogP contribution is -2.24. The predicted octanol–water partition coefficient (Wildman–Crippen LogP) is 2.82. The Morgan fingerprint density at radius 3 is 2.67 bits per heavy atom. The SMILES string of the molecule is CCC(=O)Nc1cc(-c2ccnc(-n3ccn4c5c(cc4c3=O)CC(C)(C)C5)c2CO)cn(C)c1=O. The van der Waals surface area contributed by atoms with Crippen LogP contribution in [0.5, 0.6) is 0 Å². The van der Waals surface area contributed by atoms with Crippen LogP contribution < -0.4 is 16.4 Å². The number of aromatic nitrogens is 4. The average Bonchev–Trinajstić information content (AvgIpc) is 3.33. The van der Waals surface area contributed by atoms with E-state index in [1.165, 1.54) is 14.7 Å². The highest BCUT2D eigenvalue weighted by molar-refractivity contribution is 5.91. The maximum atomic E-state index is 13.5. The molecule has 1 amide bonds. The lowest BCUT2D eigenvalue weighted by atomic mass is 9.90. The van der Waals surface area contributed by atoms with Gasteiger partial charge in [0.2, 0.25) is 5.91 Å². The van der Waals surface area contributed by atoms with E-state index in [9.17, 15) is 19.5 Å². The zero-order valence-corrected chi connectivity index (χ0v) is 20.8. The number of hydrogen-bond donors (Lipinski definition) is 2. The average molecular weight is 488 g/mol. The van der Waals surface area contributed by atoms with Crippen molar-refractivity contribution < 1.29 is 9.90 Å². The lowest BCUT2D eigenvalue weighted by molar-refractivity contribution is -0.115. The summed E-state index contributed by atoms with van der Waals surface area (Å²) in [6.45, 7) is 5.78. The number of amides is 1. The Morgan fingerprint density at radius 2 is 1.94 bits per heavy atom. The van der Waals surface area contributed by atoms with Crippen molar-refractivity contribution in [2.24, 2.45) is 12.5 Å². The molecule has 4 heterocycles. The molecule has 0 atom stereocenters. The van der Waals surface area contributed by atoms with Crippen molar-refractivity contribution in [1.82, 2.24) is 18.5 Å². The first-order chi connectivity index (χ1) is 17.1. The minimum absolute atomic E-state index is 0.147. The second-order valence-corrected chi connectivity index (χ2v) is 10.1. The second-order valence-electron chi connectivity index (χ2n) is 10.1. The molecule has 0 aromatic carbocycles. The van der Waals surface area contributed by atoms with E-state index >= 15 is 0 Å². The van der Waals surface area contributed by atoms with E-state index in [4.69, 9.17) is 0 Å². The molecule has 4 aromatic heterocycles. The first-order valence-corrected chi connectivity index (χ1v) is 12.0. The normalized spacial score (nSPS) is 14.2. The Labute approximate surface area is 207 Å². The summed E-state index contributed by atoms with van der Waals surface area (Å²) in [5.41, 5.74) is 4.33. The fourth-order valence-corrected chi connectivity index (χ4v) is 5.13. The summed E-state index contributed by atoms with van der Waals surface area (Å²) in [5, 5.41) is 13.0. The first kappa shape index (κ1) is 23.7. The molecule has 0 bridgehead atoms. The van der Waals surface area contributed by atoms with Gasteiger partial charge in [-0.25, -0.2) is 4.98 Å². The minimum atomic E-state index is -0.374. The lowest BCUT2D eigenvalue weighted by Gasteiger charge is -2.17. The van der Waals surface area contributed by atoms with Crippen LogP contribution in [-0.2, 0) is 31.3 Å². The molecule has 9 nitrogen and oxygen atoms in total. The van der Waals surface area contributed by atoms with Gasteiger partial charge in [0.1, 0.15) is 17.0 Å². The zero-order valence-electron chi connectivity index (χ0n) is 20.8. The molecular weight excluding hydrogens is 458 g/mol. The minimum Gasteiger partial charge on any atom is -0.392 e. The Kier molecular flexibility index (Phi) is 5.67. The summed E-state index contributed by atoms with van der Waals surface area (Å²) in [6, 6.07) is 5.26. The molecule has 4 aromatic rings. The van der Waals surface area contributed by atoms with Gasteiger partial charge in [-0.2, -0.15) is 0 Å². The molecule has 5 rings (SSSR count). The molecule has 0 saturated heterocycles. The number of carbonyl (C=O) groups is 1. The van der Waals surface area contributed by atoms with Crippen LogP contribution in [0.4, 0.5) is 5.69 Å². The van der Waals surface area contributed by atoms with Crippen LogP contribution in [-0.4, -0.2) is 29.5 Å². The van der Waals surface area contributed by atoms with Gasteiger partial charge < -0.3 is 19.4 Å². The fourth-order valence-electron chi connectivity index (χ4n) is 5.13. The molecule has 186 valence electrons. The number of rotatable bonds is 5. The molecule has 0 aliphatic heterocycles. The summed E-state index contributed by atoms with van der Waals surface area (Å²) in [6.07, 6.45) is 8.81. The van der Waals surface area contributed by atoms with Crippen LogP contribution in [0.2, 0.25) is 0 Å². The third-order valence-corrected chi connectivity index (χ3v) is 6.86. The van der Waals surface area contributed by atoms with Crippen LogP contribution in [0.1, 0.15) is 44.0 Å². The van der Waals surface area contributed by atoms with Crippen LogP contribution in [0.15, 0.2) is 52.6 Å². The van der Waals surface area contributed by atoms with Crippen LogP contribution in [0, 0.1) is 5.41 Å². The molecule has 0 saturated carbocycles. The number of fused-ring (bicyclic) bond motifs is 3. The number of carbonyl (C=O) groups excluding carboxylic acids is 1. The maximum Gasteiger partial charge on any atom is 0.280 e. The van der Waals surface area contributed by atoms with Crippen molar-refractivity contribution >= 4 is 17.1 Å². The molecule has 36 heavy (non-hydrogen) atoms. The molecule has 1 aliphatic carbocycles. The highest BCUT2D eigenvalue weighted by Gasteiger charge is 2.31. The van der Waals surface area contributed by atoms with Crippen molar-refractivity contribution in [3.05, 3.63) is 80.5 Å². The summed E-state index contributed by atoms with van der Waals surface area (Å²) in [7, 11) is 1.60. The van der Waals surface area contributed by atoms with E-state index in [0.717, 1.165) is 18.5 Å². The van der Waals surface area contributed by atoms with Crippen molar-refractivity contribution in [3.63, 3.8) is 0 Å². The van der Waals surface area contributed by atoms with E-state index in [1.54, 1.807) is 44.7 Å². The number of pyridine rings is 2. The van der Waals surface area contributed by atoms with Gasteiger partial charge in [-0.1, -0.05) is 20.8 Å². The number of aliphatic hydroxyl groups is 1. The smallest absolute Gasteiger partial charge is 0.280 e. The predicted molar refractivity (Wildman–Crippen MR) is 137 cm³/mol. The summed E-state index contributed by atoms with van der Waals surface area (Å²) < 4.78 is 4.79. The Balaban J connectivity index is 1.65. The Morgan fingerprint density at radius 1 is 1.17 bits per heavy atom. The van der Waals surface area contributed by atoms with E-state index in [2.05, 4.69) is 24.1 Å². The molecular formula is C27H29N5O4. The monoisotopic (exact) mass is 487 g/mol. The van der Waals surface area contributed by atoms with Crippen molar-refractivity contribution in [1.29, 1.82) is 0 Å². The van der Waals surface area contributed by atoms with Gasteiger partial charge in [0.15, 0.2) is 0 Å². The van der Waals surface area contributed by atoms with Gasteiger partial charge in [0.25, 0.3) is 11.1 Å². The number of aryl methyl sites for hydroxylation is 1. The van der Waals surface area contributed by atoms with Gasteiger partial charge in [0, 0.05) is 55.1 Å². The molecule has 1 aliphatic rings. The third-order valence-electron chi connectivity index (χ3n) is 6.86. The van der Waals surface area contributed by atoms with Gasteiger partial charge in [0.05, 0.1) is 6.61 Å². The van der Waals surface area contributed by atoms with Gasteiger partial charge in [-0.15, -0.1) is 0 Å². The highest BCUT2D eigenvalue weighted by Crippen LogP contribution is 2.37. The standard InChI is InChI=1S/C27H29N5O4/c1-5-23(34)29-20-10-17(14-30(4)25(20)35)18-6-7-28-24(19(18)15-33)32-9-8-31-21(26(32)36)11-16-12-27(2,3)13-22(16)31/h6-11,14,33H,5,12-13,15H2,1-4H3,(H,29,34). The third kappa shape index (κ3) is 3.85. The number of aliphatic hydroxyl groups excluding tert-OH is 1. The molecule has 2 N–H and O–H groups in total. The number of hydrogen-bond acceptors (Lipinski definition) is 5. The maximum absolute atomic E-state index is 13.5. The molecule has 0 unspecified atom stereocenters. The van der Waals surface area contributed by atoms with Crippen LogP contribution in [0.3, 0.4) is 0 Å². The quantitative estimate of drug-likeness (QED) is 0.450. The van der Waals surface area contributed by atoms with Crippen molar-refractivity contribution in [2.75, 3.05) is 5.32 Å². The van der Waals surface area contributed by atoms with Crippen molar-refractivity contribution in [2.45, 2.75) is 46.6 Å². The van der Waals surface area contributed by atoms with E-state index < -0.39 is 0 Å². The van der Waals surface area contributed by atoms with Gasteiger partial charge in [-0.05, 0) is 47.6 Å². The molecule has 0 radical (unpaired) electrons. The van der Waals surface area contributed by atoms with Crippen molar-refractivity contribution in [3.8, 4) is 16.9 Å². The Bertz CT molecular complexity index is 1640. The molecule has 0 spiro atoms. The fraction of sp³-hybridized carbons (Fsp3) is 0.333. The largest absolute Gasteiger partial charge is 0.392 e. The van der Waals surface area contributed by atoms with E-state index in [0.29, 0.717) is 28.0 Å². The number of nitrogens with zero attached hydrogens (tertiary/aromatic N) is 4. The summed E-state index contributed by atoms with van der Waals surface area (Å²) in [4.78, 5) is 42.5. The highest BCUT2D eigenvalue weighted by atomic mass is 16.3. The zero-order chi connectivity index (χ0) is 25.8. The second kappa shape index (κ2) is 8.60. The first-order valence-electron chi connectivity index (χ1n) is 12.0. The molecule has 0 fully saturated rings. The summed E-state index contributed by atoms with van der Waals surface area (Å²) in [5.74, 6) is 0.0431. The van der Waals surface area contributed by atoms with Crippen LogP contribution >= 0.6 is 0 Å². The molecule has 9 heteroatoms. The topological polar surface area (TPSA) is 111 Å². The van der Waals surface area contributed by atoms with Crippen LogP contribution in [0.25, 0.3) is 22.5 Å². The van der Waals surface area contributed by atoms with Gasteiger partial charge in [-0.3, -0.25) is 19.0 Å².